The Morgan fingerprint density at radius 1 is 0.833 bits per heavy atom. The van der Waals surface area contributed by atoms with Gasteiger partial charge in [-0.15, -0.1) is 11.8 Å². The summed E-state index contributed by atoms with van der Waals surface area (Å²) < 4.78 is 10.8. The van der Waals surface area contributed by atoms with Gasteiger partial charge in [-0.2, -0.15) is 0 Å². The second kappa shape index (κ2) is 17.5. The second-order valence-electron chi connectivity index (χ2n) is 8.75. The lowest BCUT2D eigenvalue weighted by Crippen LogP contribution is -2.28. The van der Waals surface area contributed by atoms with Crippen LogP contribution in [-0.4, -0.2) is 30.0 Å². The first-order valence-electron chi connectivity index (χ1n) is 11.7. The van der Waals surface area contributed by atoms with Gasteiger partial charge in [0.25, 0.3) is 0 Å². The van der Waals surface area contributed by atoms with Crippen molar-refractivity contribution in [2.75, 3.05) is 12.4 Å². The number of hydrogen-bond acceptors (Lipinski definition) is 5. The molecule has 0 aliphatic heterocycles. The molecule has 0 unspecified atom stereocenters. The second-order valence-corrected chi connectivity index (χ2v) is 9.85. The van der Waals surface area contributed by atoms with Crippen LogP contribution in [0, 0.1) is 0 Å². The Balaban J connectivity index is 4.65. The molecule has 0 atom stereocenters. The van der Waals surface area contributed by atoms with E-state index in [1.165, 1.54) is 56.7 Å². The van der Waals surface area contributed by atoms with Gasteiger partial charge in [0.15, 0.2) is 0 Å². The highest BCUT2D eigenvalue weighted by molar-refractivity contribution is 8.03. The molecular formula is C24H45NO4S. The van der Waals surface area contributed by atoms with Crippen LogP contribution >= 0.6 is 11.8 Å². The van der Waals surface area contributed by atoms with Crippen molar-refractivity contribution >= 4 is 23.8 Å². The molecule has 0 heterocycles. The van der Waals surface area contributed by atoms with Crippen molar-refractivity contribution in [1.29, 1.82) is 0 Å². The van der Waals surface area contributed by atoms with Crippen LogP contribution in [0.1, 0.15) is 112 Å². The number of alkyl carbamates (subject to hydrolysis) is 1. The first-order chi connectivity index (χ1) is 14.2. The van der Waals surface area contributed by atoms with Crippen LogP contribution in [0.15, 0.2) is 10.6 Å². The molecule has 0 saturated heterocycles. The van der Waals surface area contributed by atoms with E-state index in [0.717, 1.165) is 31.4 Å². The van der Waals surface area contributed by atoms with Crippen molar-refractivity contribution in [3.05, 3.63) is 10.6 Å². The molecule has 0 spiro atoms. The third-order valence-electron chi connectivity index (χ3n) is 4.49. The number of esters is 1. The highest BCUT2D eigenvalue weighted by Crippen LogP contribution is 2.22. The first-order valence-corrected chi connectivity index (χ1v) is 12.7. The number of thioether (sulfide) groups is 1. The predicted octanol–water partition coefficient (Wildman–Crippen LogP) is 7.35. The van der Waals surface area contributed by atoms with Gasteiger partial charge in [-0.1, -0.05) is 71.6 Å². The van der Waals surface area contributed by atoms with Crippen molar-refractivity contribution < 1.29 is 19.1 Å². The molecule has 0 aromatic heterocycles. The van der Waals surface area contributed by atoms with E-state index < -0.39 is 17.7 Å². The number of unbranched alkanes of at least 4 members (excludes halogenated alkanes) is 9. The Kier molecular flexibility index (Phi) is 16.8. The zero-order valence-corrected chi connectivity index (χ0v) is 21.1. The number of hydrogen-bond donors (Lipinski definition) is 1. The summed E-state index contributed by atoms with van der Waals surface area (Å²) >= 11 is 1.49. The topological polar surface area (TPSA) is 64.6 Å². The maximum Gasteiger partial charge on any atom is 0.412 e. The SMILES string of the molecule is CCCCCCCCOC(=O)N/C(SCCCCCCC)=C(/C)C(=O)OC(C)(C)C. The number of carbonyl (C=O) groups excluding carboxylic acids is 2. The molecule has 1 N–H and O–H groups in total. The van der Waals surface area contributed by atoms with Crippen LogP contribution < -0.4 is 5.32 Å². The molecule has 0 aliphatic carbocycles. The van der Waals surface area contributed by atoms with Gasteiger partial charge in [-0.25, -0.2) is 9.59 Å². The van der Waals surface area contributed by atoms with Gasteiger partial charge in [0.1, 0.15) is 5.60 Å². The number of amides is 1. The molecule has 0 radical (unpaired) electrons. The number of carbonyl (C=O) groups is 2. The van der Waals surface area contributed by atoms with Gasteiger partial charge in [-0.3, -0.25) is 5.32 Å². The molecule has 5 nitrogen and oxygen atoms in total. The Bertz CT molecular complexity index is 512. The van der Waals surface area contributed by atoms with Crippen molar-refractivity contribution in [1.82, 2.24) is 5.32 Å². The van der Waals surface area contributed by atoms with Crippen LogP contribution in [0.5, 0.6) is 0 Å². The molecular weight excluding hydrogens is 398 g/mol. The lowest BCUT2D eigenvalue weighted by molar-refractivity contribution is -0.149. The van der Waals surface area contributed by atoms with E-state index in [0.29, 0.717) is 17.2 Å². The molecule has 0 aromatic rings. The normalized spacial score (nSPS) is 12.3. The predicted molar refractivity (Wildman–Crippen MR) is 128 cm³/mol. The minimum atomic E-state index is -0.577. The standard InChI is InChI=1S/C24H45NO4S/c1-7-9-11-13-14-16-18-28-23(27)25-21(30-19-17-15-12-10-8-2)20(3)22(26)29-24(4,5)6/h7-19H2,1-6H3,(H,25,27)/b21-20+. The monoisotopic (exact) mass is 443 g/mol. The zero-order chi connectivity index (χ0) is 22.8. The van der Waals surface area contributed by atoms with Gasteiger partial charge >= 0.3 is 12.1 Å². The Morgan fingerprint density at radius 2 is 1.37 bits per heavy atom. The zero-order valence-electron chi connectivity index (χ0n) is 20.2. The molecule has 0 bridgehead atoms. The minimum absolute atomic E-state index is 0.401. The van der Waals surface area contributed by atoms with Gasteiger partial charge in [0.05, 0.1) is 17.2 Å². The van der Waals surface area contributed by atoms with E-state index in [2.05, 4.69) is 19.2 Å². The highest BCUT2D eigenvalue weighted by atomic mass is 32.2. The molecule has 176 valence electrons. The van der Waals surface area contributed by atoms with Crippen molar-refractivity contribution in [2.24, 2.45) is 0 Å². The van der Waals surface area contributed by atoms with E-state index >= 15 is 0 Å². The summed E-state index contributed by atoms with van der Waals surface area (Å²) in [6, 6.07) is 0. The van der Waals surface area contributed by atoms with Gasteiger partial charge in [0, 0.05) is 0 Å². The first kappa shape index (κ1) is 28.8. The molecule has 0 fully saturated rings. The molecule has 30 heavy (non-hydrogen) atoms. The van der Waals surface area contributed by atoms with E-state index in [9.17, 15) is 9.59 Å². The van der Waals surface area contributed by atoms with E-state index in [4.69, 9.17) is 9.47 Å². The van der Waals surface area contributed by atoms with Crippen LogP contribution in [-0.2, 0) is 14.3 Å². The van der Waals surface area contributed by atoms with Crippen molar-refractivity contribution in [3.63, 3.8) is 0 Å². The minimum Gasteiger partial charge on any atom is -0.457 e. The summed E-state index contributed by atoms with van der Waals surface area (Å²) in [6.45, 7) is 12.0. The van der Waals surface area contributed by atoms with Crippen LogP contribution in [0.3, 0.4) is 0 Å². The summed E-state index contributed by atoms with van der Waals surface area (Å²) in [5, 5.41) is 3.31. The summed E-state index contributed by atoms with van der Waals surface area (Å²) in [5.41, 5.74) is -0.160. The fraction of sp³-hybridized carbons (Fsp3) is 0.833. The highest BCUT2D eigenvalue weighted by Gasteiger charge is 2.21. The van der Waals surface area contributed by atoms with Crippen molar-refractivity contribution in [2.45, 2.75) is 118 Å². The molecule has 0 aromatic carbocycles. The van der Waals surface area contributed by atoms with Crippen LogP contribution in [0.4, 0.5) is 4.79 Å². The molecule has 0 rings (SSSR count). The number of nitrogens with one attached hydrogen (secondary N) is 1. The average Bonchev–Trinajstić information content (AvgIpc) is 2.67. The fourth-order valence-electron chi connectivity index (χ4n) is 2.74. The summed E-state index contributed by atoms with van der Waals surface area (Å²) in [5.74, 6) is 0.434. The largest absolute Gasteiger partial charge is 0.457 e. The average molecular weight is 444 g/mol. The lowest BCUT2D eigenvalue weighted by Gasteiger charge is -2.21. The molecule has 1 amide bonds. The number of rotatable bonds is 16. The maximum absolute atomic E-state index is 12.5. The quantitative estimate of drug-likeness (QED) is 0.153. The van der Waals surface area contributed by atoms with Gasteiger partial charge in [-0.05, 0) is 46.3 Å². The lowest BCUT2D eigenvalue weighted by atomic mass is 10.1. The van der Waals surface area contributed by atoms with E-state index in [-0.39, 0.29) is 0 Å². The van der Waals surface area contributed by atoms with E-state index in [1.807, 2.05) is 20.8 Å². The number of ether oxygens (including phenoxy) is 2. The summed E-state index contributed by atoms with van der Waals surface area (Å²) in [4.78, 5) is 24.7. The Labute approximate surface area is 189 Å². The Morgan fingerprint density at radius 3 is 1.93 bits per heavy atom. The van der Waals surface area contributed by atoms with Crippen LogP contribution in [0.25, 0.3) is 0 Å². The molecule has 0 aliphatic rings. The smallest absolute Gasteiger partial charge is 0.412 e. The molecule has 6 heteroatoms. The summed E-state index contributed by atoms with van der Waals surface area (Å²) in [6.07, 6.45) is 12.2. The molecule has 0 saturated carbocycles. The van der Waals surface area contributed by atoms with Crippen molar-refractivity contribution in [3.8, 4) is 0 Å². The summed E-state index contributed by atoms with van der Waals surface area (Å²) in [7, 11) is 0. The third-order valence-corrected chi connectivity index (χ3v) is 5.68. The maximum atomic E-state index is 12.5. The van der Waals surface area contributed by atoms with Crippen LogP contribution in [0.2, 0.25) is 0 Å². The third kappa shape index (κ3) is 16.6. The van der Waals surface area contributed by atoms with Gasteiger partial charge < -0.3 is 9.47 Å². The van der Waals surface area contributed by atoms with Gasteiger partial charge in [0.2, 0.25) is 0 Å². The van der Waals surface area contributed by atoms with E-state index in [1.54, 1.807) is 6.92 Å². The fourth-order valence-corrected chi connectivity index (χ4v) is 3.75. The Hall–Kier alpha value is -1.17.